The average Bonchev–Trinajstić information content (AvgIpc) is 2.49. The fourth-order valence-electron chi connectivity index (χ4n) is 2.28. The number of hydrogen-bond donors (Lipinski definition) is 1. The number of methoxy groups -OCH3 is 1. The maximum atomic E-state index is 11.9. The minimum Gasteiger partial charge on any atom is -0.481 e. The first-order valence-electron chi connectivity index (χ1n) is 7.31. The van der Waals surface area contributed by atoms with Gasteiger partial charge in [0.2, 0.25) is 5.91 Å². The SMILES string of the molecule is COC(=O)CCN1CCN(C(=O)CCCCC(=O)O)CC1. The van der Waals surface area contributed by atoms with Crippen LogP contribution in [-0.2, 0) is 19.1 Å². The van der Waals surface area contributed by atoms with Gasteiger partial charge in [-0.05, 0) is 12.8 Å². The fraction of sp³-hybridized carbons (Fsp3) is 0.786. The Hall–Kier alpha value is -1.63. The minimum atomic E-state index is -0.818. The van der Waals surface area contributed by atoms with E-state index in [-0.39, 0.29) is 18.3 Å². The van der Waals surface area contributed by atoms with Crippen LogP contribution in [-0.4, -0.2) is 72.6 Å². The van der Waals surface area contributed by atoms with Gasteiger partial charge in [-0.2, -0.15) is 0 Å². The van der Waals surface area contributed by atoms with Gasteiger partial charge in [-0.15, -0.1) is 0 Å². The van der Waals surface area contributed by atoms with Crippen molar-refractivity contribution >= 4 is 17.8 Å². The number of aliphatic carboxylic acids is 1. The molecule has 1 fully saturated rings. The van der Waals surface area contributed by atoms with Gasteiger partial charge in [0.1, 0.15) is 0 Å². The summed E-state index contributed by atoms with van der Waals surface area (Å²) in [6.07, 6.45) is 2.07. The second-order valence-electron chi connectivity index (χ2n) is 5.15. The zero-order chi connectivity index (χ0) is 15.7. The first-order valence-corrected chi connectivity index (χ1v) is 7.31. The van der Waals surface area contributed by atoms with Crippen LogP contribution in [0.25, 0.3) is 0 Å². The van der Waals surface area contributed by atoms with Gasteiger partial charge >= 0.3 is 11.9 Å². The predicted octanol–water partition coefficient (Wildman–Crippen LogP) is 0.339. The molecule has 1 heterocycles. The molecule has 1 amide bonds. The molecule has 1 N–H and O–H groups in total. The number of carbonyl (C=O) groups is 3. The van der Waals surface area contributed by atoms with Crippen molar-refractivity contribution in [3.05, 3.63) is 0 Å². The molecule has 0 bridgehead atoms. The molecule has 21 heavy (non-hydrogen) atoms. The Morgan fingerprint density at radius 1 is 1.00 bits per heavy atom. The van der Waals surface area contributed by atoms with Gasteiger partial charge in [0, 0.05) is 45.6 Å². The summed E-state index contributed by atoms with van der Waals surface area (Å²) in [6, 6.07) is 0. The van der Waals surface area contributed by atoms with Gasteiger partial charge in [-0.3, -0.25) is 19.3 Å². The zero-order valence-electron chi connectivity index (χ0n) is 12.5. The van der Waals surface area contributed by atoms with Crippen molar-refractivity contribution in [2.24, 2.45) is 0 Å². The maximum absolute atomic E-state index is 11.9. The highest BCUT2D eigenvalue weighted by atomic mass is 16.5. The number of rotatable bonds is 8. The third kappa shape index (κ3) is 7.08. The lowest BCUT2D eigenvalue weighted by Gasteiger charge is -2.34. The normalized spacial score (nSPS) is 15.8. The number of carboxylic acids is 1. The van der Waals surface area contributed by atoms with Gasteiger partial charge in [0.25, 0.3) is 0 Å². The van der Waals surface area contributed by atoms with Crippen LogP contribution in [0.5, 0.6) is 0 Å². The molecule has 7 heteroatoms. The number of esters is 1. The van der Waals surface area contributed by atoms with Crippen molar-refractivity contribution in [2.75, 3.05) is 39.8 Å². The first kappa shape index (κ1) is 17.4. The van der Waals surface area contributed by atoms with Crippen LogP contribution in [0.1, 0.15) is 32.1 Å². The van der Waals surface area contributed by atoms with Crippen LogP contribution in [0.15, 0.2) is 0 Å². The molecule has 1 aliphatic heterocycles. The second kappa shape index (κ2) is 9.33. The standard InChI is InChI=1S/C14H24N2O5/c1-21-14(20)6-7-15-8-10-16(11-9-15)12(17)4-2-3-5-13(18)19/h2-11H2,1H3,(H,18,19). The molecule has 0 aromatic heterocycles. The Kier molecular flexibility index (Phi) is 7.74. The zero-order valence-corrected chi connectivity index (χ0v) is 12.5. The molecule has 1 saturated heterocycles. The van der Waals surface area contributed by atoms with Crippen LogP contribution < -0.4 is 0 Å². The fourth-order valence-corrected chi connectivity index (χ4v) is 2.28. The quantitative estimate of drug-likeness (QED) is 0.514. The summed E-state index contributed by atoms with van der Waals surface area (Å²) in [7, 11) is 1.38. The maximum Gasteiger partial charge on any atom is 0.306 e. The van der Waals surface area contributed by atoms with E-state index in [1.54, 1.807) is 0 Å². The molecule has 7 nitrogen and oxygen atoms in total. The third-order valence-corrected chi connectivity index (χ3v) is 3.62. The van der Waals surface area contributed by atoms with Crippen LogP contribution >= 0.6 is 0 Å². The number of piperazine rings is 1. The number of nitrogens with zero attached hydrogens (tertiary/aromatic N) is 2. The summed E-state index contributed by atoms with van der Waals surface area (Å²) in [6.45, 7) is 3.51. The van der Waals surface area contributed by atoms with E-state index in [4.69, 9.17) is 5.11 Å². The lowest BCUT2D eigenvalue weighted by atomic mass is 10.1. The molecule has 0 aliphatic carbocycles. The highest BCUT2D eigenvalue weighted by molar-refractivity contribution is 5.76. The monoisotopic (exact) mass is 300 g/mol. The largest absolute Gasteiger partial charge is 0.481 e. The molecule has 1 aliphatic rings. The van der Waals surface area contributed by atoms with Crippen molar-refractivity contribution in [1.29, 1.82) is 0 Å². The molecular weight excluding hydrogens is 276 g/mol. The minimum absolute atomic E-state index is 0.0907. The number of amides is 1. The van der Waals surface area contributed by atoms with E-state index in [1.165, 1.54) is 7.11 Å². The Labute approximate surface area is 124 Å². The summed E-state index contributed by atoms with van der Waals surface area (Å²) in [4.78, 5) is 37.4. The Morgan fingerprint density at radius 3 is 2.19 bits per heavy atom. The van der Waals surface area contributed by atoms with E-state index in [1.807, 2.05) is 4.90 Å². The molecule has 0 aromatic carbocycles. The number of unbranched alkanes of at least 4 members (excludes halogenated alkanes) is 1. The van der Waals surface area contributed by atoms with Crippen molar-refractivity contribution in [3.63, 3.8) is 0 Å². The van der Waals surface area contributed by atoms with E-state index in [0.29, 0.717) is 45.3 Å². The van der Waals surface area contributed by atoms with Crippen LogP contribution in [0.4, 0.5) is 0 Å². The number of ether oxygens (including phenoxy) is 1. The number of hydrogen-bond acceptors (Lipinski definition) is 5. The van der Waals surface area contributed by atoms with E-state index in [9.17, 15) is 14.4 Å². The van der Waals surface area contributed by atoms with Gasteiger partial charge in [0.05, 0.1) is 13.5 Å². The molecule has 120 valence electrons. The highest BCUT2D eigenvalue weighted by Crippen LogP contribution is 2.08. The summed E-state index contributed by atoms with van der Waals surface area (Å²) in [5.41, 5.74) is 0. The van der Waals surface area contributed by atoms with E-state index in [0.717, 1.165) is 13.1 Å². The lowest BCUT2D eigenvalue weighted by Crippen LogP contribution is -2.49. The molecule has 0 radical (unpaired) electrons. The van der Waals surface area contributed by atoms with Crippen molar-refractivity contribution in [3.8, 4) is 0 Å². The van der Waals surface area contributed by atoms with Crippen molar-refractivity contribution < 1.29 is 24.2 Å². The van der Waals surface area contributed by atoms with Crippen LogP contribution in [0.2, 0.25) is 0 Å². The predicted molar refractivity (Wildman–Crippen MR) is 75.8 cm³/mol. The van der Waals surface area contributed by atoms with E-state index in [2.05, 4.69) is 9.64 Å². The number of carbonyl (C=O) groups excluding carboxylic acids is 2. The molecule has 1 rings (SSSR count). The van der Waals surface area contributed by atoms with Gasteiger partial charge in [-0.1, -0.05) is 0 Å². The average molecular weight is 300 g/mol. The smallest absolute Gasteiger partial charge is 0.306 e. The van der Waals surface area contributed by atoms with E-state index >= 15 is 0 Å². The molecule has 0 saturated carbocycles. The molecule has 0 spiro atoms. The molecule has 0 atom stereocenters. The molecule has 0 unspecified atom stereocenters. The summed E-state index contributed by atoms with van der Waals surface area (Å²) < 4.78 is 4.60. The molecule has 0 aromatic rings. The Morgan fingerprint density at radius 2 is 1.62 bits per heavy atom. The van der Waals surface area contributed by atoms with E-state index < -0.39 is 5.97 Å². The molecular formula is C14H24N2O5. The van der Waals surface area contributed by atoms with Gasteiger partial charge in [-0.25, -0.2) is 0 Å². The first-order chi connectivity index (χ1) is 10.0. The summed E-state index contributed by atoms with van der Waals surface area (Å²) in [5.74, 6) is -0.943. The summed E-state index contributed by atoms with van der Waals surface area (Å²) >= 11 is 0. The van der Waals surface area contributed by atoms with Gasteiger partial charge in [0.15, 0.2) is 0 Å². The highest BCUT2D eigenvalue weighted by Gasteiger charge is 2.21. The topological polar surface area (TPSA) is 87.2 Å². The van der Waals surface area contributed by atoms with Crippen molar-refractivity contribution in [1.82, 2.24) is 9.80 Å². The van der Waals surface area contributed by atoms with Gasteiger partial charge < -0.3 is 14.7 Å². The Bertz CT molecular complexity index is 364. The third-order valence-electron chi connectivity index (χ3n) is 3.62. The lowest BCUT2D eigenvalue weighted by molar-refractivity contribution is -0.141. The summed E-state index contributed by atoms with van der Waals surface area (Å²) in [5, 5.41) is 8.53. The number of carboxylic acid groups (broad SMARTS) is 1. The van der Waals surface area contributed by atoms with Crippen LogP contribution in [0, 0.1) is 0 Å². The Balaban J connectivity index is 2.15. The van der Waals surface area contributed by atoms with Crippen LogP contribution in [0.3, 0.4) is 0 Å². The van der Waals surface area contributed by atoms with Crippen molar-refractivity contribution in [2.45, 2.75) is 32.1 Å². The second-order valence-corrected chi connectivity index (χ2v) is 5.15.